The van der Waals surface area contributed by atoms with Crippen LogP contribution in [0, 0.1) is 5.41 Å². The van der Waals surface area contributed by atoms with E-state index in [9.17, 15) is 9.90 Å². The maximum atomic E-state index is 12.7. The molecule has 0 atom stereocenters. The van der Waals surface area contributed by atoms with Crippen LogP contribution < -0.4 is 5.32 Å². The average Bonchev–Trinajstić information content (AvgIpc) is 3.00. The van der Waals surface area contributed by atoms with Crippen LogP contribution in [-0.4, -0.2) is 31.3 Å². The van der Waals surface area contributed by atoms with Crippen LogP contribution in [0.5, 0.6) is 5.75 Å². The molecule has 0 aromatic heterocycles. The van der Waals surface area contributed by atoms with Crippen molar-refractivity contribution in [3.05, 3.63) is 29.8 Å². The number of nitrogens with one attached hydrogen (secondary N) is 1. The molecule has 1 amide bonds. The molecule has 23 heavy (non-hydrogen) atoms. The van der Waals surface area contributed by atoms with Gasteiger partial charge in [-0.25, -0.2) is 0 Å². The van der Waals surface area contributed by atoms with E-state index in [1.807, 2.05) is 26.0 Å². The van der Waals surface area contributed by atoms with Gasteiger partial charge in [-0.15, -0.1) is 0 Å². The molecule has 0 unspecified atom stereocenters. The minimum atomic E-state index is -0.616. The summed E-state index contributed by atoms with van der Waals surface area (Å²) in [6.45, 7) is 5.31. The molecule has 4 heteroatoms. The average molecular weight is 319 g/mol. The summed E-state index contributed by atoms with van der Waals surface area (Å²) in [7, 11) is 1.73. The van der Waals surface area contributed by atoms with E-state index >= 15 is 0 Å². The third-order valence-electron chi connectivity index (χ3n) is 5.28. The number of benzene rings is 1. The maximum absolute atomic E-state index is 12.7. The smallest absolute Gasteiger partial charge is 0.230 e. The zero-order valence-electron chi connectivity index (χ0n) is 14.5. The summed E-state index contributed by atoms with van der Waals surface area (Å²) < 4.78 is 5.25. The fourth-order valence-electron chi connectivity index (χ4n) is 3.46. The van der Waals surface area contributed by atoms with E-state index in [0.29, 0.717) is 0 Å². The zero-order chi connectivity index (χ0) is 16.9. The van der Waals surface area contributed by atoms with Crippen LogP contribution >= 0.6 is 0 Å². The third kappa shape index (κ3) is 4.25. The number of hydrogen-bond acceptors (Lipinski definition) is 3. The molecule has 1 fully saturated rings. The number of ether oxygens (including phenoxy) is 1. The molecule has 0 bridgehead atoms. The van der Waals surface area contributed by atoms with Crippen molar-refractivity contribution in [2.75, 3.05) is 20.3 Å². The Hall–Kier alpha value is -1.55. The molecule has 128 valence electrons. The molecular formula is C19H29NO3. The second kappa shape index (κ2) is 7.35. The number of aromatic hydroxyl groups is 1. The van der Waals surface area contributed by atoms with Crippen molar-refractivity contribution in [3.63, 3.8) is 0 Å². The molecule has 0 spiro atoms. The predicted molar refractivity (Wildman–Crippen MR) is 91.5 cm³/mol. The van der Waals surface area contributed by atoms with Gasteiger partial charge in [0.2, 0.25) is 5.91 Å². The minimum absolute atomic E-state index is 0.0341. The van der Waals surface area contributed by atoms with E-state index in [-0.39, 0.29) is 17.1 Å². The fraction of sp³-hybridized carbons (Fsp3) is 0.632. The van der Waals surface area contributed by atoms with E-state index in [1.54, 1.807) is 19.2 Å². The third-order valence-corrected chi connectivity index (χ3v) is 5.28. The molecule has 1 aliphatic rings. The molecule has 0 radical (unpaired) electrons. The van der Waals surface area contributed by atoms with Gasteiger partial charge in [-0.1, -0.05) is 25.0 Å². The van der Waals surface area contributed by atoms with Crippen molar-refractivity contribution in [2.45, 2.75) is 51.4 Å². The molecule has 0 heterocycles. The number of rotatable bonds is 7. The second-order valence-corrected chi connectivity index (χ2v) is 7.30. The lowest BCUT2D eigenvalue weighted by Crippen LogP contribution is -2.44. The number of methoxy groups -OCH3 is 1. The second-order valence-electron chi connectivity index (χ2n) is 7.30. The molecule has 1 saturated carbocycles. The van der Waals surface area contributed by atoms with Gasteiger partial charge in [0, 0.05) is 20.3 Å². The summed E-state index contributed by atoms with van der Waals surface area (Å²) in [5, 5.41) is 12.6. The molecule has 0 aliphatic heterocycles. The van der Waals surface area contributed by atoms with Crippen LogP contribution in [0.1, 0.15) is 51.5 Å². The first-order chi connectivity index (χ1) is 10.9. The van der Waals surface area contributed by atoms with Gasteiger partial charge in [-0.2, -0.15) is 0 Å². The molecule has 0 saturated heterocycles. The number of carbonyl (C=O) groups is 1. The van der Waals surface area contributed by atoms with E-state index in [1.165, 1.54) is 12.8 Å². The summed E-state index contributed by atoms with van der Waals surface area (Å²) in [6.07, 6.45) is 5.80. The van der Waals surface area contributed by atoms with Gasteiger partial charge >= 0.3 is 0 Å². The summed E-state index contributed by atoms with van der Waals surface area (Å²) in [6, 6.07) is 6.87. The predicted octanol–water partition coefficient (Wildman–Crippen LogP) is 3.38. The van der Waals surface area contributed by atoms with Gasteiger partial charge in [0.05, 0.1) is 5.41 Å². The van der Waals surface area contributed by atoms with E-state index < -0.39 is 5.41 Å². The maximum Gasteiger partial charge on any atom is 0.230 e. The monoisotopic (exact) mass is 319 g/mol. The molecule has 2 N–H and O–H groups in total. The Morgan fingerprint density at radius 1 is 1.26 bits per heavy atom. The van der Waals surface area contributed by atoms with Crippen molar-refractivity contribution < 1.29 is 14.6 Å². The number of amides is 1. The van der Waals surface area contributed by atoms with Crippen molar-refractivity contribution in [3.8, 4) is 5.75 Å². The number of hydrogen-bond donors (Lipinski definition) is 2. The van der Waals surface area contributed by atoms with E-state index in [0.717, 1.165) is 38.0 Å². The van der Waals surface area contributed by atoms with Gasteiger partial charge in [0.1, 0.15) is 5.75 Å². The van der Waals surface area contributed by atoms with E-state index in [4.69, 9.17) is 4.74 Å². The molecule has 4 nitrogen and oxygen atoms in total. The van der Waals surface area contributed by atoms with Gasteiger partial charge < -0.3 is 15.2 Å². The Balaban J connectivity index is 2.00. The van der Waals surface area contributed by atoms with Gasteiger partial charge in [0.15, 0.2) is 0 Å². The quantitative estimate of drug-likeness (QED) is 0.810. The van der Waals surface area contributed by atoms with Crippen LogP contribution in [0.25, 0.3) is 0 Å². The van der Waals surface area contributed by atoms with Crippen LogP contribution in [0.15, 0.2) is 24.3 Å². The van der Waals surface area contributed by atoms with Gasteiger partial charge in [-0.3, -0.25) is 4.79 Å². The first-order valence-corrected chi connectivity index (χ1v) is 8.46. The lowest BCUT2D eigenvalue weighted by molar-refractivity contribution is -0.126. The standard InChI is InChI=1S/C19H29NO3/c1-18(2,15-6-8-16(21)9-7-15)17(22)20-14-19(12-13-23-3)10-4-5-11-19/h6-9,21H,4-5,10-14H2,1-3H3,(H,20,22). The van der Waals surface area contributed by atoms with Crippen molar-refractivity contribution in [1.82, 2.24) is 5.32 Å². The highest BCUT2D eigenvalue weighted by Crippen LogP contribution is 2.40. The lowest BCUT2D eigenvalue weighted by Gasteiger charge is -2.32. The molecule has 1 aromatic rings. The highest BCUT2D eigenvalue weighted by Gasteiger charge is 2.36. The summed E-state index contributed by atoms with van der Waals surface area (Å²) in [5.74, 6) is 0.251. The number of phenols is 1. The number of phenolic OH excluding ortho intramolecular Hbond substituents is 1. The Morgan fingerprint density at radius 2 is 1.87 bits per heavy atom. The SMILES string of the molecule is COCCC1(CNC(=O)C(C)(C)c2ccc(O)cc2)CCCC1. The molecular weight excluding hydrogens is 290 g/mol. The topological polar surface area (TPSA) is 58.6 Å². The Labute approximate surface area is 139 Å². The van der Waals surface area contributed by atoms with E-state index in [2.05, 4.69) is 5.32 Å². The Morgan fingerprint density at radius 3 is 2.43 bits per heavy atom. The molecule has 2 rings (SSSR count). The highest BCUT2D eigenvalue weighted by molar-refractivity contribution is 5.87. The first kappa shape index (κ1) is 17.8. The van der Waals surface area contributed by atoms with Crippen molar-refractivity contribution in [1.29, 1.82) is 0 Å². The van der Waals surface area contributed by atoms with Crippen LogP contribution in [-0.2, 0) is 14.9 Å². The molecule has 1 aromatic carbocycles. The number of carbonyl (C=O) groups excluding carboxylic acids is 1. The lowest BCUT2D eigenvalue weighted by atomic mass is 9.81. The fourth-order valence-corrected chi connectivity index (χ4v) is 3.46. The van der Waals surface area contributed by atoms with Gasteiger partial charge in [-0.05, 0) is 56.2 Å². The Bertz CT molecular complexity index is 516. The Kier molecular flexibility index (Phi) is 5.69. The largest absolute Gasteiger partial charge is 0.508 e. The normalized spacial score (nSPS) is 17.2. The zero-order valence-corrected chi connectivity index (χ0v) is 14.5. The summed E-state index contributed by atoms with van der Waals surface area (Å²) in [5.41, 5.74) is 0.482. The highest BCUT2D eigenvalue weighted by atomic mass is 16.5. The first-order valence-electron chi connectivity index (χ1n) is 8.46. The summed E-state index contributed by atoms with van der Waals surface area (Å²) >= 11 is 0. The van der Waals surface area contributed by atoms with Crippen LogP contribution in [0.4, 0.5) is 0 Å². The minimum Gasteiger partial charge on any atom is -0.508 e. The van der Waals surface area contributed by atoms with Gasteiger partial charge in [0.25, 0.3) is 0 Å². The summed E-state index contributed by atoms with van der Waals surface area (Å²) in [4.78, 5) is 12.7. The van der Waals surface area contributed by atoms with Crippen molar-refractivity contribution >= 4 is 5.91 Å². The van der Waals surface area contributed by atoms with Crippen molar-refractivity contribution in [2.24, 2.45) is 5.41 Å². The van der Waals surface area contributed by atoms with Crippen LogP contribution in [0.2, 0.25) is 0 Å². The molecule has 1 aliphatic carbocycles. The van der Waals surface area contributed by atoms with Crippen LogP contribution in [0.3, 0.4) is 0 Å².